The SMILES string of the molecule is CCOC(=O)c1c(NC(=O)CCc2nc(-c3ccccc3OC)no2)sc(C(C)=O)c1C. The third-order valence-electron chi connectivity index (χ3n) is 4.58. The first-order chi connectivity index (χ1) is 15.3. The zero-order valence-electron chi connectivity index (χ0n) is 18.2. The maximum Gasteiger partial charge on any atom is 0.341 e. The first-order valence-electron chi connectivity index (χ1n) is 9.92. The maximum absolute atomic E-state index is 12.5. The van der Waals surface area contributed by atoms with Crippen molar-refractivity contribution in [3.63, 3.8) is 0 Å². The fourth-order valence-corrected chi connectivity index (χ4v) is 4.20. The molecule has 9 nitrogen and oxygen atoms in total. The standard InChI is InChI=1S/C22H23N3O6S/c1-5-30-22(28)18-12(2)19(13(3)26)32-21(18)23-16(27)10-11-17-24-20(25-31-17)14-8-6-7-9-15(14)29-4/h6-9H,5,10-11H2,1-4H3,(H,23,27). The third kappa shape index (κ3) is 5.02. The van der Waals surface area contributed by atoms with Crippen molar-refractivity contribution < 1.29 is 28.4 Å². The molecule has 168 valence electrons. The number of Topliss-reactive ketones (excluding diaryl/α,β-unsaturated/α-hetero) is 1. The van der Waals surface area contributed by atoms with Crippen LogP contribution in [0, 0.1) is 6.92 Å². The molecule has 2 aromatic heterocycles. The number of carbonyl (C=O) groups is 3. The van der Waals surface area contributed by atoms with Gasteiger partial charge in [-0.15, -0.1) is 11.3 Å². The fraction of sp³-hybridized carbons (Fsp3) is 0.318. The number of esters is 1. The summed E-state index contributed by atoms with van der Waals surface area (Å²) in [5.74, 6) is 0.138. The van der Waals surface area contributed by atoms with Crippen molar-refractivity contribution in [2.24, 2.45) is 0 Å². The van der Waals surface area contributed by atoms with Gasteiger partial charge in [-0.05, 0) is 38.5 Å². The molecule has 0 aliphatic heterocycles. The topological polar surface area (TPSA) is 121 Å². The van der Waals surface area contributed by atoms with E-state index in [1.807, 2.05) is 18.2 Å². The number of aromatic nitrogens is 2. The van der Waals surface area contributed by atoms with E-state index in [0.29, 0.717) is 33.5 Å². The number of carbonyl (C=O) groups excluding carboxylic acids is 3. The number of para-hydroxylation sites is 1. The molecule has 32 heavy (non-hydrogen) atoms. The number of ketones is 1. The number of nitrogens with one attached hydrogen (secondary N) is 1. The highest BCUT2D eigenvalue weighted by molar-refractivity contribution is 7.18. The second-order valence-corrected chi connectivity index (χ2v) is 7.82. The van der Waals surface area contributed by atoms with Gasteiger partial charge in [-0.25, -0.2) is 4.79 Å². The molecular weight excluding hydrogens is 434 g/mol. The van der Waals surface area contributed by atoms with Crippen LogP contribution in [-0.2, 0) is 16.0 Å². The lowest BCUT2D eigenvalue weighted by molar-refractivity contribution is -0.116. The van der Waals surface area contributed by atoms with E-state index in [1.54, 1.807) is 27.0 Å². The summed E-state index contributed by atoms with van der Waals surface area (Å²) in [4.78, 5) is 41.5. The molecule has 2 heterocycles. The van der Waals surface area contributed by atoms with Crippen molar-refractivity contribution in [2.45, 2.75) is 33.6 Å². The quantitative estimate of drug-likeness (QED) is 0.377. The molecule has 0 radical (unpaired) electrons. The average Bonchev–Trinajstić information content (AvgIpc) is 3.37. The summed E-state index contributed by atoms with van der Waals surface area (Å²) in [6, 6.07) is 7.27. The number of aryl methyl sites for hydroxylation is 1. The Morgan fingerprint density at radius 2 is 1.97 bits per heavy atom. The summed E-state index contributed by atoms with van der Waals surface area (Å²) in [7, 11) is 1.55. The Hall–Kier alpha value is -3.53. The number of methoxy groups -OCH3 is 1. The van der Waals surface area contributed by atoms with Crippen LogP contribution in [0.3, 0.4) is 0 Å². The molecule has 1 amide bonds. The predicted octanol–water partition coefficient (Wildman–Crippen LogP) is 4.07. The molecule has 0 atom stereocenters. The number of hydrogen-bond acceptors (Lipinski definition) is 9. The Kier molecular flexibility index (Phi) is 7.37. The zero-order valence-corrected chi connectivity index (χ0v) is 19.0. The van der Waals surface area contributed by atoms with Crippen LogP contribution in [0.15, 0.2) is 28.8 Å². The van der Waals surface area contributed by atoms with E-state index in [4.69, 9.17) is 14.0 Å². The third-order valence-corrected chi connectivity index (χ3v) is 5.89. The van der Waals surface area contributed by atoms with Crippen LogP contribution in [0.5, 0.6) is 5.75 Å². The normalized spacial score (nSPS) is 10.6. The van der Waals surface area contributed by atoms with Gasteiger partial charge in [0.05, 0.1) is 29.7 Å². The number of benzene rings is 1. The van der Waals surface area contributed by atoms with Crippen molar-refractivity contribution in [1.29, 1.82) is 0 Å². The molecule has 3 rings (SSSR count). The molecule has 0 aliphatic carbocycles. The van der Waals surface area contributed by atoms with E-state index in [0.717, 1.165) is 11.3 Å². The Balaban J connectivity index is 1.71. The number of rotatable bonds is 9. The van der Waals surface area contributed by atoms with Gasteiger partial charge in [-0.2, -0.15) is 4.98 Å². The largest absolute Gasteiger partial charge is 0.496 e. The lowest BCUT2D eigenvalue weighted by atomic mass is 10.1. The van der Waals surface area contributed by atoms with E-state index >= 15 is 0 Å². The smallest absolute Gasteiger partial charge is 0.341 e. The van der Waals surface area contributed by atoms with E-state index in [2.05, 4.69) is 15.5 Å². The Morgan fingerprint density at radius 3 is 2.66 bits per heavy atom. The molecule has 1 aromatic carbocycles. The van der Waals surface area contributed by atoms with Gasteiger partial charge >= 0.3 is 5.97 Å². The minimum atomic E-state index is -0.581. The highest BCUT2D eigenvalue weighted by Gasteiger charge is 2.25. The summed E-state index contributed by atoms with van der Waals surface area (Å²) in [6.45, 7) is 4.94. The van der Waals surface area contributed by atoms with Gasteiger partial charge in [0, 0.05) is 12.8 Å². The maximum atomic E-state index is 12.5. The highest BCUT2D eigenvalue weighted by atomic mass is 32.1. The average molecular weight is 458 g/mol. The fourth-order valence-electron chi connectivity index (χ4n) is 3.09. The van der Waals surface area contributed by atoms with Crippen molar-refractivity contribution in [1.82, 2.24) is 10.1 Å². The van der Waals surface area contributed by atoms with Gasteiger partial charge in [0.25, 0.3) is 0 Å². The van der Waals surface area contributed by atoms with E-state index < -0.39 is 5.97 Å². The summed E-state index contributed by atoms with van der Waals surface area (Å²) in [5, 5.41) is 6.95. The minimum absolute atomic E-state index is 0.0438. The molecule has 0 unspecified atom stereocenters. The summed E-state index contributed by atoms with van der Waals surface area (Å²) in [6.07, 6.45) is 0.245. The molecule has 0 saturated carbocycles. The van der Waals surface area contributed by atoms with Gasteiger partial charge in [-0.3, -0.25) is 9.59 Å². The molecule has 0 saturated heterocycles. The van der Waals surface area contributed by atoms with Gasteiger partial charge in [-0.1, -0.05) is 17.3 Å². The molecule has 0 bridgehead atoms. The van der Waals surface area contributed by atoms with E-state index in [-0.39, 0.29) is 41.7 Å². The minimum Gasteiger partial charge on any atom is -0.496 e. The Labute approximate surface area is 188 Å². The first kappa shape index (κ1) is 23.1. The number of nitrogens with zero attached hydrogens (tertiary/aromatic N) is 2. The van der Waals surface area contributed by atoms with Gasteiger partial charge in [0.15, 0.2) is 5.78 Å². The second-order valence-electron chi connectivity index (χ2n) is 6.80. The molecule has 0 fully saturated rings. The molecule has 1 N–H and O–H groups in total. The molecule has 3 aromatic rings. The van der Waals surface area contributed by atoms with Crippen LogP contribution < -0.4 is 10.1 Å². The number of amides is 1. The van der Waals surface area contributed by atoms with Gasteiger partial charge < -0.3 is 19.3 Å². The van der Waals surface area contributed by atoms with Crippen LogP contribution in [-0.4, -0.2) is 41.5 Å². The lowest BCUT2D eigenvalue weighted by Gasteiger charge is -2.06. The molecule has 0 aliphatic rings. The Morgan fingerprint density at radius 1 is 1.22 bits per heavy atom. The first-order valence-corrected chi connectivity index (χ1v) is 10.7. The number of anilines is 1. The van der Waals surface area contributed by atoms with E-state index in [9.17, 15) is 14.4 Å². The van der Waals surface area contributed by atoms with Crippen LogP contribution in [0.25, 0.3) is 11.4 Å². The molecule has 10 heteroatoms. The van der Waals surface area contributed by atoms with Crippen LogP contribution in [0.4, 0.5) is 5.00 Å². The highest BCUT2D eigenvalue weighted by Crippen LogP contribution is 2.34. The van der Waals surface area contributed by atoms with Crippen molar-refractivity contribution in [3.05, 3.63) is 46.2 Å². The summed E-state index contributed by atoms with van der Waals surface area (Å²) < 4.78 is 15.6. The predicted molar refractivity (Wildman–Crippen MR) is 118 cm³/mol. The zero-order chi connectivity index (χ0) is 23.3. The Bertz CT molecular complexity index is 1150. The summed E-state index contributed by atoms with van der Waals surface area (Å²) in [5.41, 5.74) is 1.38. The monoisotopic (exact) mass is 457 g/mol. The van der Waals surface area contributed by atoms with Gasteiger partial charge in [0.2, 0.25) is 17.6 Å². The van der Waals surface area contributed by atoms with Gasteiger partial charge in [0.1, 0.15) is 10.8 Å². The lowest BCUT2D eigenvalue weighted by Crippen LogP contribution is -2.15. The number of hydrogen-bond donors (Lipinski definition) is 1. The summed E-state index contributed by atoms with van der Waals surface area (Å²) >= 11 is 1.06. The van der Waals surface area contributed by atoms with Crippen molar-refractivity contribution in [2.75, 3.05) is 19.0 Å². The molecule has 0 spiro atoms. The molecular formula is C22H23N3O6S. The van der Waals surface area contributed by atoms with Crippen LogP contribution in [0.2, 0.25) is 0 Å². The van der Waals surface area contributed by atoms with Crippen molar-refractivity contribution >= 4 is 34.0 Å². The van der Waals surface area contributed by atoms with Crippen LogP contribution in [0.1, 0.15) is 51.8 Å². The number of thiophene rings is 1. The number of ether oxygens (including phenoxy) is 2. The van der Waals surface area contributed by atoms with Crippen LogP contribution >= 0.6 is 11.3 Å². The van der Waals surface area contributed by atoms with Crippen molar-refractivity contribution in [3.8, 4) is 17.1 Å². The van der Waals surface area contributed by atoms with E-state index in [1.165, 1.54) is 6.92 Å². The second kappa shape index (κ2) is 10.2.